The molecule has 0 saturated heterocycles. The molecule has 6 nitrogen and oxygen atoms in total. The molecule has 1 unspecified atom stereocenters. The van der Waals surface area contributed by atoms with Crippen molar-refractivity contribution in [3.8, 4) is 0 Å². The molecule has 7 heteroatoms. The van der Waals surface area contributed by atoms with Crippen LogP contribution < -0.4 is 16.0 Å². The first-order valence-corrected chi connectivity index (χ1v) is 9.90. The fourth-order valence-corrected chi connectivity index (χ4v) is 3.31. The molecule has 1 atom stereocenters. The van der Waals surface area contributed by atoms with Gasteiger partial charge >= 0.3 is 0 Å². The van der Waals surface area contributed by atoms with Crippen LogP contribution in [0.4, 0.5) is 11.4 Å². The zero-order valence-electron chi connectivity index (χ0n) is 16.1. The minimum Gasteiger partial charge on any atom is -0.359 e. The van der Waals surface area contributed by atoms with Crippen LogP contribution in [0.5, 0.6) is 0 Å². The number of carbonyl (C=O) groups is 3. The largest absolute Gasteiger partial charge is 0.359 e. The van der Waals surface area contributed by atoms with Gasteiger partial charge in [0.25, 0.3) is 5.91 Å². The van der Waals surface area contributed by atoms with Crippen LogP contribution in [0, 0.1) is 6.92 Å². The summed E-state index contributed by atoms with van der Waals surface area (Å²) in [5.74, 6) is -0.741. The second kappa shape index (κ2) is 9.16. The third-order valence-electron chi connectivity index (χ3n) is 4.13. The maximum absolute atomic E-state index is 13.0. The molecule has 29 heavy (non-hydrogen) atoms. The molecule has 2 aromatic carbocycles. The SMILES string of the molecule is CC(=O)Nc1ccc(NC(NC(=O)c2cccs2)C(=O)c2ccc(C)cc2)cc1. The maximum atomic E-state index is 13.0. The lowest BCUT2D eigenvalue weighted by Gasteiger charge is -2.20. The molecule has 0 spiro atoms. The van der Waals surface area contributed by atoms with Gasteiger partial charge in [0.15, 0.2) is 6.17 Å². The van der Waals surface area contributed by atoms with Gasteiger partial charge in [-0.15, -0.1) is 11.3 Å². The Kier molecular flexibility index (Phi) is 6.41. The Labute approximate surface area is 173 Å². The molecular formula is C22H21N3O3S. The highest BCUT2D eigenvalue weighted by Gasteiger charge is 2.23. The molecule has 0 radical (unpaired) electrons. The van der Waals surface area contributed by atoms with E-state index in [4.69, 9.17) is 0 Å². The third-order valence-corrected chi connectivity index (χ3v) is 5.00. The summed E-state index contributed by atoms with van der Waals surface area (Å²) in [6.07, 6.45) is -0.945. The number of nitrogens with one attached hydrogen (secondary N) is 3. The average Bonchev–Trinajstić information content (AvgIpc) is 3.23. The monoisotopic (exact) mass is 407 g/mol. The summed E-state index contributed by atoms with van der Waals surface area (Å²) in [6, 6.07) is 17.6. The Morgan fingerprint density at radius 2 is 1.55 bits per heavy atom. The van der Waals surface area contributed by atoms with Crippen molar-refractivity contribution in [2.75, 3.05) is 10.6 Å². The number of amides is 2. The quantitative estimate of drug-likeness (QED) is 0.407. The van der Waals surface area contributed by atoms with Crippen LogP contribution in [0.25, 0.3) is 0 Å². The lowest BCUT2D eigenvalue weighted by molar-refractivity contribution is -0.114. The number of hydrogen-bond acceptors (Lipinski definition) is 5. The molecule has 3 rings (SSSR count). The number of Topliss-reactive ketones (excluding diaryl/α,β-unsaturated/α-hetero) is 1. The Bertz CT molecular complexity index is 997. The summed E-state index contributed by atoms with van der Waals surface area (Å²) in [5.41, 5.74) is 2.82. The van der Waals surface area contributed by atoms with Crippen molar-refractivity contribution < 1.29 is 14.4 Å². The fourth-order valence-electron chi connectivity index (χ4n) is 2.68. The van der Waals surface area contributed by atoms with Gasteiger partial charge in [0, 0.05) is 23.9 Å². The van der Waals surface area contributed by atoms with Crippen LogP contribution >= 0.6 is 11.3 Å². The van der Waals surface area contributed by atoms with Crippen molar-refractivity contribution in [3.05, 3.63) is 82.0 Å². The summed E-state index contributed by atoms with van der Waals surface area (Å²) in [4.78, 5) is 37.3. The summed E-state index contributed by atoms with van der Waals surface area (Å²) in [6.45, 7) is 3.38. The molecule has 2 amide bonds. The van der Waals surface area contributed by atoms with E-state index in [0.717, 1.165) is 5.56 Å². The Hall–Kier alpha value is -3.45. The highest BCUT2D eigenvalue weighted by Crippen LogP contribution is 2.16. The van der Waals surface area contributed by atoms with Crippen LogP contribution in [0.3, 0.4) is 0 Å². The highest BCUT2D eigenvalue weighted by atomic mass is 32.1. The van der Waals surface area contributed by atoms with E-state index in [9.17, 15) is 14.4 Å². The fraction of sp³-hybridized carbons (Fsp3) is 0.136. The number of ketones is 1. The summed E-state index contributed by atoms with van der Waals surface area (Å²) in [7, 11) is 0. The van der Waals surface area contributed by atoms with Crippen LogP contribution in [0.15, 0.2) is 66.0 Å². The lowest BCUT2D eigenvalue weighted by Crippen LogP contribution is -2.46. The van der Waals surface area contributed by atoms with E-state index < -0.39 is 6.17 Å². The molecule has 1 aromatic heterocycles. The number of anilines is 2. The first-order chi connectivity index (χ1) is 13.9. The first-order valence-electron chi connectivity index (χ1n) is 9.02. The summed E-state index contributed by atoms with van der Waals surface area (Å²) >= 11 is 1.31. The van der Waals surface area contributed by atoms with Crippen molar-refractivity contribution >= 4 is 40.3 Å². The lowest BCUT2D eigenvalue weighted by atomic mass is 10.1. The molecule has 0 aliphatic heterocycles. The third kappa shape index (κ3) is 5.52. The van der Waals surface area contributed by atoms with E-state index in [2.05, 4.69) is 16.0 Å². The molecular weight excluding hydrogens is 386 g/mol. The van der Waals surface area contributed by atoms with Gasteiger partial charge in [-0.05, 0) is 42.6 Å². The molecule has 1 heterocycles. The predicted octanol–water partition coefficient (Wildman–Crippen LogP) is 4.07. The van der Waals surface area contributed by atoms with Gasteiger partial charge in [-0.3, -0.25) is 14.4 Å². The standard InChI is InChI=1S/C22H21N3O3S/c1-14-5-7-16(8-6-14)20(27)21(25-22(28)19-4-3-13-29-19)24-18-11-9-17(10-12-18)23-15(2)26/h3-13,21,24H,1-2H3,(H,23,26)(H,25,28). The van der Waals surface area contributed by atoms with Crippen LogP contribution in [0.2, 0.25) is 0 Å². The van der Waals surface area contributed by atoms with E-state index in [1.165, 1.54) is 18.3 Å². The van der Waals surface area contributed by atoms with Gasteiger partial charge in [0.1, 0.15) is 0 Å². The zero-order valence-corrected chi connectivity index (χ0v) is 16.9. The van der Waals surface area contributed by atoms with E-state index in [1.54, 1.807) is 53.9 Å². The van der Waals surface area contributed by atoms with E-state index in [1.807, 2.05) is 19.1 Å². The number of rotatable bonds is 7. The number of carbonyl (C=O) groups excluding carboxylic acids is 3. The maximum Gasteiger partial charge on any atom is 0.263 e. The van der Waals surface area contributed by atoms with Crippen molar-refractivity contribution in [2.45, 2.75) is 20.0 Å². The van der Waals surface area contributed by atoms with E-state index in [-0.39, 0.29) is 17.6 Å². The predicted molar refractivity (Wildman–Crippen MR) is 115 cm³/mol. The van der Waals surface area contributed by atoms with Gasteiger partial charge in [-0.2, -0.15) is 0 Å². The van der Waals surface area contributed by atoms with Gasteiger partial charge in [0.2, 0.25) is 11.7 Å². The van der Waals surface area contributed by atoms with Gasteiger partial charge in [0.05, 0.1) is 4.88 Å². The minimum atomic E-state index is -0.945. The average molecular weight is 407 g/mol. The normalized spacial score (nSPS) is 11.4. The van der Waals surface area contributed by atoms with E-state index >= 15 is 0 Å². The van der Waals surface area contributed by atoms with Crippen LogP contribution in [0.1, 0.15) is 32.5 Å². The van der Waals surface area contributed by atoms with Gasteiger partial charge < -0.3 is 16.0 Å². The summed E-state index contributed by atoms with van der Waals surface area (Å²) in [5, 5.41) is 10.3. The van der Waals surface area contributed by atoms with Gasteiger partial charge in [-0.1, -0.05) is 35.9 Å². The number of aryl methyl sites for hydroxylation is 1. The Morgan fingerprint density at radius 1 is 0.897 bits per heavy atom. The van der Waals surface area contributed by atoms with Crippen molar-refractivity contribution in [1.82, 2.24) is 5.32 Å². The highest BCUT2D eigenvalue weighted by molar-refractivity contribution is 7.12. The molecule has 0 aliphatic rings. The number of thiophene rings is 1. The second-order valence-corrected chi connectivity index (χ2v) is 7.46. The van der Waals surface area contributed by atoms with Crippen LogP contribution in [-0.4, -0.2) is 23.8 Å². The molecule has 0 bridgehead atoms. The molecule has 0 saturated carbocycles. The van der Waals surface area contributed by atoms with E-state index in [0.29, 0.717) is 21.8 Å². The molecule has 0 aliphatic carbocycles. The van der Waals surface area contributed by atoms with Crippen molar-refractivity contribution in [2.24, 2.45) is 0 Å². The second-order valence-electron chi connectivity index (χ2n) is 6.52. The van der Waals surface area contributed by atoms with Crippen LogP contribution in [-0.2, 0) is 4.79 Å². The van der Waals surface area contributed by atoms with Crippen molar-refractivity contribution in [3.63, 3.8) is 0 Å². The Balaban J connectivity index is 1.81. The topological polar surface area (TPSA) is 87.3 Å². The zero-order chi connectivity index (χ0) is 20.8. The molecule has 148 valence electrons. The number of benzene rings is 2. The number of hydrogen-bond donors (Lipinski definition) is 3. The Morgan fingerprint density at radius 3 is 2.14 bits per heavy atom. The molecule has 3 N–H and O–H groups in total. The smallest absolute Gasteiger partial charge is 0.263 e. The molecule has 0 fully saturated rings. The van der Waals surface area contributed by atoms with Crippen molar-refractivity contribution in [1.29, 1.82) is 0 Å². The minimum absolute atomic E-state index is 0.165. The first kappa shape index (κ1) is 20.3. The molecule has 3 aromatic rings. The van der Waals surface area contributed by atoms with Gasteiger partial charge in [-0.25, -0.2) is 0 Å². The summed E-state index contributed by atoms with van der Waals surface area (Å²) < 4.78 is 0.